The molecule has 0 aliphatic heterocycles. The first-order valence-electron chi connectivity index (χ1n) is 6.87. The second-order valence-electron chi connectivity index (χ2n) is 5.08. The summed E-state index contributed by atoms with van der Waals surface area (Å²) in [5, 5.41) is 15.0. The normalized spacial score (nSPS) is 14.0. The van der Waals surface area contributed by atoms with Crippen LogP contribution in [0.1, 0.15) is 17.4 Å². The molecule has 0 bridgehead atoms. The molecule has 0 saturated heterocycles. The van der Waals surface area contributed by atoms with Crippen LogP contribution in [0.25, 0.3) is 6.08 Å². The summed E-state index contributed by atoms with van der Waals surface area (Å²) in [4.78, 5) is 13.9. The van der Waals surface area contributed by atoms with Crippen LogP contribution in [0.5, 0.6) is 0 Å². The third kappa shape index (κ3) is 4.73. The molecule has 0 spiro atoms. The predicted octanol–water partition coefficient (Wildman–Crippen LogP) is 3.51. The summed E-state index contributed by atoms with van der Waals surface area (Å²) in [6.07, 6.45) is 5.27. The summed E-state index contributed by atoms with van der Waals surface area (Å²) in [6.45, 7) is 1.88. The standard InChI is InChI=1S/C17H19NO2S2/c1-17(20,15-4-3-11-22-15)12-18-16(19)10-7-13-5-8-14(21-2)9-6-13/h3-11,20H,12H2,1-2H3,(H,18,19). The first kappa shape index (κ1) is 16.8. The Morgan fingerprint density at radius 1 is 1.36 bits per heavy atom. The predicted molar refractivity (Wildman–Crippen MR) is 94.2 cm³/mol. The van der Waals surface area contributed by atoms with Crippen molar-refractivity contribution in [2.24, 2.45) is 0 Å². The summed E-state index contributed by atoms with van der Waals surface area (Å²) < 4.78 is 0. The van der Waals surface area contributed by atoms with Crippen molar-refractivity contribution in [3.63, 3.8) is 0 Å². The molecule has 1 atom stereocenters. The highest BCUT2D eigenvalue weighted by atomic mass is 32.2. The zero-order valence-corrected chi connectivity index (χ0v) is 14.2. The molecular formula is C17H19NO2S2. The molecule has 3 nitrogen and oxygen atoms in total. The molecule has 2 rings (SSSR count). The number of carbonyl (C=O) groups excluding carboxylic acids is 1. The summed E-state index contributed by atoms with van der Waals surface area (Å²) in [5.74, 6) is -0.217. The second-order valence-corrected chi connectivity index (χ2v) is 6.90. The number of hydrogen-bond donors (Lipinski definition) is 2. The third-order valence-electron chi connectivity index (χ3n) is 3.20. The molecule has 22 heavy (non-hydrogen) atoms. The average molecular weight is 333 g/mol. The van der Waals surface area contributed by atoms with Crippen LogP contribution in [-0.4, -0.2) is 23.8 Å². The molecule has 0 fully saturated rings. The molecule has 2 aromatic rings. The molecule has 116 valence electrons. The Morgan fingerprint density at radius 2 is 2.09 bits per heavy atom. The minimum absolute atomic E-state index is 0.183. The van der Waals surface area contributed by atoms with Crippen LogP contribution >= 0.6 is 23.1 Å². The van der Waals surface area contributed by atoms with Gasteiger partial charge in [-0.05, 0) is 48.4 Å². The van der Waals surface area contributed by atoms with Crippen LogP contribution in [-0.2, 0) is 10.4 Å². The minimum Gasteiger partial charge on any atom is -0.383 e. The van der Waals surface area contributed by atoms with E-state index in [1.165, 1.54) is 22.3 Å². The molecule has 0 aliphatic rings. The van der Waals surface area contributed by atoms with Gasteiger partial charge in [0, 0.05) is 15.8 Å². The van der Waals surface area contributed by atoms with Gasteiger partial charge in [0.15, 0.2) is 0 Å². The molecule has 0 saturated carbocycles. The molecule has 2 N–H and O–H groups in total. The number of thiophene rings is 1. The van der Waals surface area contributed by atoms with Crippen molar-refractivity contribution in [3.05, 3.63) is 58.3 Å². The maximum absolute atomic E-state index is 11.8. The fourth-order valence-corrected chi connectivity index (χ4v) is 3.07. The lowest BCUT2D eigenvalue weighted by atomic mass is 10.1. The smallest absolute Gasteiger partial charge is 0.244 e. The summed E-state index contributed by atoms with van der Waals surface area (Å²) in [6, 6.07) is 11.7. The van der Waals surface area contributed by atoms with Crippen molar-refractivity contribution in [2.75, 3.05) is 12.8 Å². The van der Waals surface area contributed by atoms with Crippen molar-refractivity contribution in [3.8, 4) is 0 Å². The summed E-state index contributed by atoms with van der Waals surface area (Å²) in [5.41, 5.74) is -0.0736. The van der Waals surface area contributed by atoms with Crippen LogP contribution < -0.4 is 5.32 Å². The van der Waals surface area contributed by atoms with Crippen LogP contribution in [0, 0.1) is 0 Å². The lowest BCUT2D eigenvalue weighted by Crippen LogP contribution is -2.37. The van der Waals surface area contributed by atoms with E-state index in [-0.39, 0.29) is 12.5 Å². The number of carbonyl (C=O) groups is 1. The van der Waals surface area contributed by atoms with Gasteiger partial charge in [0.05, 0.1) is 6.54 Å². The van der Waals surface area contributed by atoms with E-state index in [2.05, 4.69) is 5.32 Å². The Kier molecular flexibility index (Phi) is 5.83. The zero-order chi connectivity index (χ0) is 16.0. The van der Waals surface area contributed by atoms with Crippen molar-refractivity contribution in [1.82, 2.24) is 5.32 Å². The van der Waals surface area contributed by atoms with Gasteiger partial charge < -0.3 is 10.4 Å². The van der Waals surface area contributed by atoms with E-state index in [4.69, 9.17) is 0 Å². The van der Waals surface area contributed by atoms with Crippen LogP contribution in [0.2, 0.25) is 0 Å². The van der Waals surface area contributed by atoms with Crippen molar-refractivity contribution < 1.29 is 9.90 Å². The lowest BCUT2D eigenvalue weighted by molar-refractivity contribution is -0.117. The molecular weight excluding hydrogens is 314 g/mol. The first-order chi connectivity index (χ1) is 10.5. The number of benzene rings is 1. The van der Waals surface area contributed by atoms with E-state index in [1.54, 1.807) is 24.8 Å². The van der Waals surface area contributed by atoms with E-state index in [0.717, 1.165) is 10.4 Å². The molecule has 1 heterocycles. The highest BCUT2D eigenvalue weighted by Gasteiger charge is 2.24. The number of hydrogen-bond acceptors (Lipinski definition) is 4. The van der Waals surface area contributed by atoms with Gasteiger partial charge in [0.2, 0.25) is 5.91 Å². The van der Waals surface area contributed by atoms with Gasteiger partial charge in [-0.2, -0.15) is 0 Å². The fraction of sp³-hybridized carbons (Fsp3) is 0.235. The molecule has 0 radical (unpaired) electrons. The summed E-state index contributed by atoms with van der Waals surface area (Å²) >= 11 is 3.16. The maximum Gasteiger partial charge on any atom is 0.244 e. The topological polar surface area (TPSA) is 49.3 Å². The molecule has 0 aliphatic carbocycles. The highest BCUT2D eigenvalue weighted by Crippen LogP contribution is 2.24. The molecule has 1 aromatic heterocycles. The van der Waals surface area contributed by atoms with Gasteiger partial charge >= 0.3 is 0 Å². The Hall–Kier alpha value is -1.56. The van der Waals surface area contributed by atoms with Gasteiger partial charge in [-0.25, -0.2) is 0 Å². The van der Waals surface area contributed by atoms with Gasteiger partial charge in [-0.1, -0.05) is 18.2 Å². The number of nitrogens with one attached hydrogen (secondary N) is 1. The Bertz CT molecular complexity index is 631. The van der Waals surface area contributed by atoms with Crippen LogP contribution in [0.3, 0.4) is 0 Å². The number of thioether (sulfide) groups is 1. The molecule has 1 amide bonds. The number of aliphatic hydroxyl groups is 1. The quantitative estimate of drug-likeness (QED) is 0.628. The lowest BCUT2D eigenvalue weighted by Gasteiger charge is -2.21. The monoisotopic (exact) mass is 333 g/mol. The van der Waals surface area contributed by atoms with Crippen LogP contribution in [0.15, 0.2) is 52.7 Å². The SMILES string of the molecule is CSc1ccc(C=CC(=O)NCC(C)(O)c2cccs2)cc1. The first-order valence-corrected chi connectivity index (χ1v) is 8.98. The fourth-order valence-electron chi connectivity index (χ4n) is 1.88. The van der Waals surface area contributed by atoms with Crippen molar-refractivity contribution in [1.29, 1.82) is 0 Å². The minimum atomic E-state index is -1.04. The Labute approximate surface area is 139 Å². The number of rotatable bonds is 6. The Morgan fingerprint density at radius 3 is 2.68 bits per heavy atom. The van der Waals surface area contributed by atoms with Gasteiger partial charge in [-0.15, -0.1) is 23.1 Å². The molecule has 1 unspecified atom stereocenters. The largest absolute Gasteiger partial charge is 0.383 e. The van der Waals surface area contributed by atoms with Gasteiger partial charge in [0.25, 0.3) is 0 Å². The van der Waals surface area contributed by atoms with Crippen LogP contribution in [0.4, 0.5) is 0 Å². The van der Waals surface area contributed by atoms with E-state index in [1.807, 2.05) is 48.0 Å². The van der Waals surface area contributed by atoms with E-state index < -0.39 is 5.60 Å². The third-order valence-corrected chi connectivity index (χ3v) is 5.07. The average Bonchev–Trinajstić information content (AvgIpc) is 3.07. The van der Waals surface area contributed by atoms with Crippen molar-refractivity contribution >= 4 is 35.1 Å². The van der Waals surface area contributed by atoms with Gasteiger partial charge in [-0.3, -0.25) is 4.79 Å². The maximum atomic E-state index is 11.8. The van der Waals surface area contributed by atoms with Gasteiger partial charge in [0.1, 0.15) is 5.60 Å². The van der Waals surface area contributed by atoms with Crippen molar-refractivity contribution in [2.45, 2.75) is 17.4 Å². The number of amides is 1. The zero-order valence-electron chi connectivity index (χ0n) is 12.6. The molecule has 5 heteroatoms. The Balaban J connectivity index is 1.88. The molecule has 1 aromatic carbocycles. The van der Waals surface area contributed by atoms with E-state index in [9.17, 15) is 9.90 Å². The van der Waals surface area contributed by atoms with E-state index >= 15 is 0 Å². The van der Waals surface area contributed by atoms with E-state index in [0.29, 0.717) is 0 Å². The second kappa shape index (κ2) is 7.63. The highest BCUT2D eigenvalue weighted by molar-refractivity contribution is 7.98. The summed E-state index contributed by atoms with van der Waals surface area (Å²) in [7, 11) is 0.